The average molecular weight is 227 g/mol. The van der Waals surface area contributed by atoms with Crippen molar-refractivity contribution in [2.75, 3.05) is 0 Å². The van der Waals surface area contributed by atoms with E-state index in [1.807, 2.05) is 13.8 Å². The SMILES string of the molecule is CC/C=C(\F)C1=NC(CCC)CC(F)=C1C. The van der Waals surface area contributed by atoms with E-state index >= 15 is 0 Å². The van der Waals surface area contributed by atoms with E-state index in [1.54, 1.807) is 6.92 Å². The van der Waals surface area contributed by atoms with Gasteiger partial charge in [-0.1, -0.05) is 20.3 Å². The molecule has 0 bridgehead atoms. The van der Waals surface area contributed by atoms with Crippen molar-refractivity contribution in [2.45, 2.75) is 52.5 Å². The van der Waals surface area contributed by atoms with Crippen LogP contribution in [0.2, 0.25) is 0 Å². The van der Waals surface area contributed by atoms with E-state index in [2.05, 4.69) is 4.99 Å². The molecule has 0 radical (unpaired) electrons. The van der Waals surface area contributed by atoms with Crippen molar-refractivity contribution in [3.05, 3.63) is 23.3 Å². The van der Waals surface area contributed by atoms with Crippen LogP contribution in [0.25, 0.3) is 0 Å². The second-order valence-electron chi connectivity index (χ2n) is 4.11. The molecule has 0 saturated carbocycles. The molecule has 0 spiro atoms. The van der Waals surface area contributed by atoms with Gasteiger partial charge in [0.2, 0.25) is 0 Å². The Bertz CT molecular complexity index is 340. The van der Waals surface area contributed by atoms with E-state index in [0.717, 1.165) is 12.8 Å². The molecule has 1 atom stereocenters. The van der Waals surface area contributed by atoms with Crippen LogP contribution in [0.5, 0.6) is 0 Å². The molecule has 90 valence electrons. The first kappa shape index (κ1) is 13.1. The Labute approximate surface area is 96.0 Å². The van der Waals surface area contributed by atoms with Crippen LogP contribution in [-0.4, -0.2) is 11.8 Å². The van der Waals surface area contributed by atoms with Gasteiger partial charge in [-0.05, 0) is 25.8 Å². The van der Waals surface area contributed by atoms with Crippen molar-refractivity contribution in [3.8, 4) is 0 Å². The zero-order valence-electron chi connectivity index (χ0n) is 10.2. The van der Waals surface area contributed by atoms with Crippen molar-refractivity contribution in [2.24, 2.45) is 4.99 Å². The van der Waals surface area contributed by atoms with E-state index in [1.165, 1.54) is 6.08 Å². The van der Waals surface area contributed by atoms with Crippen molar-refractivity contribution >= 4 is 5.71 Å². The first-order valence-corrected chi connectivity index (χ1v) is 5.89. The highest BCUT2D eigenvalue weighted by molar-refractivity contribution is 6.11. The van der Waals surface area contributed by atoms with E-state index < -0.39 is 5.83 Å². The van der Waals surface area contributed by atoms with Gasteiger partial charge >= 0.3 is 0 Å². The van der Waals surface area contributed by atoms with Crippen LogP contribution in [0.3, 0.4) is 0 Å². The lowest BCUT2D eigenvalue weighted by Gasteiger charge is -2.20. The lowest BCUT2D eigenvalue weighted by Crippen LogP contribution is -2.17. The van der Waals surface area contributed by atoms with Gasteiger partial charge in [0.25, 0.3) is 0 Å². The molecule has 1 aliphatic heterocycles. The Morgan fingerprint density at radius 2 is 2.19 bits per heavy atom. The summed E-state index contributed by atoms with van der Waals surface area (Å²) in [5, 5.41) is 0. The van der Waals surface area contributed by atoms with Gasteiger partial charge in [0, 0.05) is 12.0 Å². The molecule has 1 rings (SSSR count). The predicted octanol–water partition coefficient (Wildman–Crippen LogP) is 4.51. The van der Waals surface area contributed by atoms with Gasteiger partial charge in [0.15, 0.2) is 0 Å². The largest absolute Gasteiger partial charge is 0.278 e. The zero-order chi connectivity index (χ0) is 12.1. The highest BCUT2D eigenvalue weighted by Gasteiger charge is 2.23. The van der Waals surface area contributed by atoms with Crippen molar-refractivity contribution in [1.29, 1.82) is 0 Å². The summed E-state index contributed by atoms with van der Waals surface area (Å²) >= 11 is 0. The van der Waals surface area contributed by atoms with Crippen LogP contribution < -0.4 is 0 Å². The van der Waals surface area contributed by atoms with Gasteiger partial charge in [0.05, 0.1) is 11.8 Å². The maximum atomic E-state index is 13.7. The molecule has 1 unspecified atom stereocenters. The number of rotatable bonds is 4. The van der Waals surface area contributed by atoms with Crippen LogP contribution >= 0.6 is 0 Å². The summed E-state index contributed by atoms with van der Waals surface area (Å²) in [5.41, 5.74) is 0.568. The molecular weight excluding hydrogens is 208 g/mol. The molecule has 0 aliphatic carbocycles. The number of hydrogen-bond donors (Lipinski definition) is 0. The minimum Gasteiger partial charge on any atom is -0.278 e. The number of nitrogens with zero attached hydrogens (tertiary/aromatic N) is 1. The fourth-order valence-electron chi connectivity index (χ4n) is 1.83. The highest BCUT2D eigenvalue weighted by atomic mass is 19.1. The summed E-state index contributed by atoms with van der Waals surface area (Å²) in [6.07, 6.45) is 4.11. The van der Waals surface area contributed by atoms with Gasteiger partial charge < -0.3 is 0 Å². The molecule has 0 aromatic heterocycles. The fraction of sp³-hybridized carbons (Fsp3) is 0.615. The molecule has 0 amide bonds. The van der Waals surface area contributed by atoms with Gasteiger partial charge in [0.1, 0.15) is 11.7 Å². The number of halogens is 2. The topological polar surface area (TPSA) is 12.4 Å². The van der Waals surface area contributed by atoms with E-state index in [4.69, 9.17) is 0 Å². The van der Waals surface area contributed by atoms with Crippen LogP contribution in [0.4, 0.5) is 8.78 Å². The number of allylic oxidation sites excluding steroid dienone is 3. The minimum atomic E-state index is -0.393. The molecule has 1 heterocycles. The summed E-state index contributed by atoms with van der Waals surface area (Å²) < 4.78 is 27.3. The monoisotopic (exact) mass is 227 g/mol. The lowest BCUT2D eigenvalue weighted by molar-refractivity contribution is 0.497. The normalized spacial score (nSPS) is 22.4. The molecule has 0 aromatic rings. The van der Waals surface area contributed by atoms with Gasteiger partial charge in [-0.15, -0.1) is 0 Å². The zero-order valence-corrected chi connectivity index (χ0v) is 10.2. The molecule has 1 nitrogen and oxygen atoms in total. The molecule has 3 heteroatoms. The molecule has 1 aliphatic rings. The number of hydrogen-bond acceptors (Lipinski definition) is 1. The quantitative estimate of drug-likeness (QED) is 0.670. The van der Waals surface area contributed by atoms with Crippen molar-refractivity contribution < 1.29 is 8.78 Å². The Morgan fingerprint density at radius 3 is 2.75 bits per heavy atom. The van der Waals surface area contributed by atoms with E-state index in [0.29, 0.717) is 18.4 Å². The summed E-state index contributed by atoms with van der Waals surface area (Å²) in [7, 11) is 0. The Morgan fingerprint density at radius 1 is 1.50 bits per heavy atom. The smallest absolute Gasteiger partial charge is 0.144 e. The first-order chi connectivity index (χ1) is 7.60. The Kier molecular flexibility index (Phi) is 4.84. The van der Waals surface area contributed by atoms with Crippen molar-refractivity contribution in [1.82, 2.24) is 0 Å². The third-order valence-electron chi connectivity index (χ3n) is 2.72. The Hall–Kier alpha value is -0.990. The minimum absolute atomic E-state index is 0.0975. The van der Waals surface area contributed by atoms with Gasteiger partial charge in [-0.25, -0.2) is 8.78 Å². The summed E-state index contributed by atoms with van der Waals surface area (Å²) in [4.78, 5) is 4.30. The maximum Gasteiger partial charge on any atom is 0.144 e. The number of dihydropyridines is 1. The van der Waals surface area contributed by atoms with Crippen LogP contribution in [-0.2, 0) is 0 Å². The van der Waals surface area contributed by atoms with Crippen molar-refractivity contribution in [3.63, 3.8) is 0 Å². The molecule has 16 heavy (non-hydrogen) atoms. The first-order valence-electron chi connectivity index (χ1n) is 5.89. The fourth-order valence-corrected chi connectivity index (χ4v) is 1.83. The molecule has 0 fully saturated rings. The second kappa shape index (κ2) is 5.92. The standard InChI is InChI=1S/C13H19F2N/c1-4-6-10-8-12(15)9(3)13(16-10)11(14)7-5-2/h7,10H,4-6,8H2,1-3H3/b11-7-. The lowest BCUT2D eigenvalue weighted by atomic mass is 9.98. The predicted molar refractivity (Wildman–Crippen MR) is 64.0 cm³/mol. The summed E-state index contributed by atoms with van der Waals surface area (Å²) in [6, 6.07) is -0.0975. The number of aliphatic imine (C=N–C) groups is 1. The van der Waals surface area contributed by atoms with Crippen LogP contribution in [0, 0.1) is 0 Å². The third-order valence-corrected chi connectivity index (χ3v) is 2.72. The maximum absolute atomic E-state index is 13.7. The third kappa shape index (κ3) is 3.00. The van der Waals surface area contributed by atoms with E-state index in [9.17, 15) is 8.78 Å². The molecular formula is C13H19F2N. The summed E-state index contributed by atoms with van der Waals surface area (Å²) in [6.45, 7) is 5.47. The van der Waals surface area contributed by atoms with E-state index in [-0.39, 0.29) is 17.6 Å². The van der Waals surface area contributed by atoms with Crippen LogP contribution in [0.1, 0.15) is 46.5 Å². The highest BCUT2D eigenvalue weighted by Crippen LogP contribution is 2.27. The summed E-state index contributed by atoms with van der Waals surface area (Å²) in [5.74, 6) is -0.612. The Balaban J connectivity index is 2.97. The second-order valence-corrected chi connectivity index (χ2v) is 4.11. The van der Waals surface area contributed by atoms with Gasteiger partial charge in [-0.2, -0.15) is 0 Å². The average Bonchev–Trinajstić information content (AvgIpc) is 2.23. The molecule has 0 aromatic carbocycles. The molecule has 0 saturated heterocycles. The van der Waals surface area contributed by atoms with Gasteiger partial charge in [-0.3, -0.25) is 4.99 Å². The van der Waals surface area contributed by atoms with Crippen LogP contribution in [0.15, 0.2) is 28.3 Å². The molecule has 0 N–H and O–H groups in total.